The van der Waals surface area contributed by atoms with Crippen molar-refractivity contribution in [3.63, 3.8) is 0 Å². The third-order valence-corrected chi connectivity index (χ3v) is 1.74. The van der Waals surface area contributed by atoms with Crippen molar-refractivity contribution in [1.82, 2.24) is 10.0 Å². The fourth-order valence-electron chi connectivity index (χ4n) is 0.804. The summed E-state index contributed by atoms with van der Waals surface area (Å²) in [6, 6.07) is 0. The molecule has 12 heavy (non-hydrogen) atoms. The maximum Gasteiger partial charge on any atom is 0.319 e. The van der Waals surface area contributed by atoms with Gasteiger partial charge in [0.05, 0.1) is 0 Å². The topological polar surface area (TPSA) is 43.8 Å². The summed E-state index contributed by atoms with van der Waals surface area (Å²) >= 11 is 8.76. The lowest BCUT2D eigenvalue weighted by Gasteiger charge is -2.29. The van der Waals surface area contributed by atoms with Crippen LogP contribution in [0.15, 0.2) is 0 Å². The van der Waals surface area contributed by atoms with Gasteiger partial charge in [-0.05, 0) is 6.92 Å². The number of hydrazine groups is 1. The number of carbonyl (C=O) groups is 1. The van der Waals surface area contributed by atoms with Gasteiger partial charge in [0.2, 0.25) is 0 Å². The molecular weight excluding hydrogens is 196 g/mol. The largest absolute Gasteiger partial charge is 0.480 e. The van der Waals surface area contributed by atoms with E-state index in [4.69, 9.17) is 17.3 Å². The van der Waals surface area contributed by atoms with Gasteiger partial charge >= 0.3 is 5.97 Å². The molecule has 0 fully saturated rings. The van der Waals surface area contributed by atoms with Crippen molar-refractivity contribution in [2.75, 3.05) is 20.1 Å². The molecular formula is C6H12N2O2S2. The van der Waals surface area contributed by atoms with E-state index >= 15 is 0 Å². The van der Waals surface area contributed by atoms with Gasteiger partial charge in [0.15, 0.2) is 0 Å². The highest BCUT2D eigenvalue weighted by Crippen LogP contribution is 1.99. The lowest BCUT2D eigenvalue weighted by atomic mass is 10.6. The lowest BCUT2D eigenvalue weighted by Crippen LogP contribution is -2.43. The minimum absolute atomic E-state index is 0.0749. The van der Waals surface area contributed by atoms with E-state index in [1.165, 1.54) is 5.01 Å². The monoisotopic (exact) mass is 208 g/mol. The van der Waals surface area contributed by atoms with Crippen LogP contribution in [0, 0.1) is 0 Å². The van der Waals surface area contributed by atoms with Gasteiger partial charge in [0.1, 0.15) is 10.9 Å². The van der Waals surface area contributed by atoms with Crippen LogP contribution in [-0.2, 0) is 4.79 Å². The second-order valence-corrected chi connectivity index (χ2v) is 3.32. The zero-order valence-electron chi connectivity index (χ0n) is 7.02. The van der Waals surface area contributed by atoms with E-state index < -0.39 is 5.97 Å². The van der Waals surface area contributed by atoms with Gasteiger partial charge in [-0.15, -0.1) is 12.6 Å². The van der Waals surface area contributed by atoms with E-state index in [2.05, 4.69) is 12.6 Å². The maximum absolute atomic E-state index is 10.3. The summed E-state index contributed by atoms with van der Waals surface area (Å²) in [6.07, 6.45) is 0. The predicted octanol–water partition coefficient (Wildman–Crippen LogP) is 0.454. The van der Waals surface area contributed by atoms with Crippen LogP contribution in [0.25, 0.3) is 0 Å². The third-order valence-electron chi connectivity index (χ3n) is 1.30. The molecule has 0 radical (unpaired) electrons. The van der Waals surface area contributed by atoms with E-state index in [-0.39, 0.29) is 6.54 Å². The van der Waals surface area contributed by atoms with Crippen LogP contribution < -0.4 is 0 Å². The second kappa shape index (κ2) is 5.34. The number of carboxylic acids is 1. The molecule has 0 saturated heterocycles. The van der Waals surface area contributed by atoms with Crippen LogP contribution in [0.4, 0.5) is 0 Å². The molecule has 0 bridgehead atoms. The average Bonchev–Trinajstić information content (AvgIpc) is 1.85. The lowest BCUT2D eigenvalue weighted by molar-refractivity contribution is -0.140. The normalized spacial score (nSPS) is 10.0. The van der Waals surface area contributed by atoms with Gasteiger partial charge < -0.3 is 5.11 Å². The van der Waals surface area contributed by atoms with Crippen LogP contribution in [-0.4, -0.2) is 45.6 Å². The number of carboxylic acid groups (broad SMARTS) is 1. The molecule has 70 valence electrons. The van der Waals surface area contributed by atoms with Gasteiger partial charge in [-0.25, -0.2) is 5.01 Å². The van der Waals surface area contributed by atoms with Gasteiger partial charge in [0, 0.05) is 13.6 Å². The van der Waals surface area contributed by atoms with Gasteiger partial charge in [0.25, 0.3) is 0 Å². The Kier molecular flexibility index (Phi) is 5.19. The highest BCUT2D eigenvalue weighted by molar-refractivity contribution is 8.10. The number of aliphatic carboxylic acids is 1. The van der Waals surface area contributed by atoms with E-state index in [1.807, 2.05) is 6.92 Å². The van der Waals surface area contributed by atoms with Crippen molar-refractivity contribution in [1.29, 1.82) is 0 Å². The van der Waals surface area contributed by atoms with Crippen LogP contribution in [0.5, 0.6) is 0 Å². The standard InChI is InChI=1S/C6H12N2O2S2/c1-3-8(6(11)12)7(2)4-5(9)10/h3-4H2,1-2H3,(H,9,10)(H,11,12). The van der Waals surface area contributed by atoms with Crippen LogP contribution >= 0.6 is 24.8 Å². The number of rotatable bonds is 4. The summed E-state index contributed by atoms with van der Waals surface area (Å²) in [5, 5.41) is 11.6. The first kappa shape index (κ1) is 11.7. The molecule has 1 N–H and O–H groups in total. The molecule has 0 unspecified atom stereocenters. The minimum atomic E-state index is -0.888. The summed E-state index contributed by atoms with van der Waals surface area (Å²) in [6.45, 7) is 2.42. The number of hydrogen-bond acceptors (Lipinski definition) is 3. The van der Waals surface area contributed by atoms with E-state index in [0.29, 0.717) is 10.9 Å². The number of likely N-dealkylation sites (N-methyl/N-ethyl adjacent to an activating group) is 1. The Morgan fingerprint density at radius 2 is 2.17 bits per heavy atom. The highest BCUT2D eigenvalue weighted by atomic mass is 32.1. The quantitative estimate of drug-likeness (QED) is 0.399. The number of thiol groups is 1. The van der Waals surface area contributed by atoms with Gasteiger partial charge in [-0.2, -0.15) is 0 Å². The van der Waals surface area contributed by atoms with Gasteiger partial charge in [-0.3, -0.25) is 9.80 Å². The molecule has 6 heteroatoms. The van der Waals surface area contributed by atoms with Crippen molar-refractivity contribution in [2.45, 2.75) is 6.92 Å². The van der Waals surface area contributed by atoms with Crippen molar-refractivity contribution < 1.29 is 9.90 Å². The Balaban J connectivity index is 4.11. The van der Waals surface area contributed by atoms with Crippen LogP contribution in [0.1, 0.15) is 6.92 Å². The molecule has 0 heterocycles. The average molecular weight is 208 g/mol. The predicted molar refractivity (Wildman–Crippen MR) is 54.2 cm³/mol. The number of nitrogens with zero attached hydrogens (tertiary/aromatic N) is 2. The zero-order valence-corrected chi connectivity index (χ0v) is 8.73. The fraction of sp³-hybridized carbons (Fsp3) is 0.667. The molecule has 0 atom stereocenters. The molecule has 0 rings (SSSR count). The molecule has 0 aromatic heterocycles. The Hall–Kier alpha value is -0.330. The van der Waals surface area contributed by atoms with E-state index in [1.54, 1.807) is 12.1 Å². The Morgan fingerprint density at radius 1 is 1.67 bits per heavy atom. The number of hydrogen-bond donors (Lipinski definition) is 2. The third kappa shape index (κ3) is 3.89. The fourth-order valence-corrected chi connectivity index (χ4v) is 1.37. The molecule has 0 spiro atoms. The highest BCUT2D eigenvalue weighted by Gasteiger charge is 2.12. The SMILES string of the molecule is CCN(C(=S)S)N(C)CC(=O)O. The molecule has 4 nitrogen and oxygen atoms in total. The summed E-state index contributed by atoms with van der Waals surface area (Å²) in [5.41, 5.74) is 0. The van der Waals surface area contributed by atoms with Crippen molar-refractivity contribution in [3.8, 4) is 0 Å². The molecule has 0 aliphatic carbocycles. The second-order valence-electron chi connectivity index (χ2n) is 2.21. The maximum atomic E-state index is 10.3. The molecule has 0 aromatic rings. The summed E-state index contributed by atoms with van der Waals surface area (Å²) in [4.78, 5) is 10.3. The zero-order chi connectivity index (χ0) is 9.72. The van der Waals surface area contributed by atoms with Crippen LogP contribution in [0.2, 0.25) is 0 Å². The Bertz CT molecular complexity index is 186. The number of thiocarbonyl (C=S) groups is 1. The van der Waals surface area contributed by atoms with Crippen LogP contribution in [0.3, 0.4) is 0 Å². The first-order valence-electron chi connectivity index (χ1n) is 3.42. The summed E-state index contributed by atoms with van der Waals surface area (Å²) < 4.78 is 0.376. The molecule has 0 aliphatic heterocycles. The molecule has 0 aliphatic rings. The molecule has 0 saturated carbocycles. The first-order chi connectivity index (χ1) is 5.49. The van der Waals surface area contributed by atoms with Crippen molar-refractivity contribution in [3.05, 3.63) is 0 Å². The smallest absolute Gasteiger partial charge is 0.319 e. The molecule has 0 amide bonds. The Labute approximate surface area is 82.5 Å². The first-order valence-corrected chi connectivity index (χ1v) is 4.27. The summed E-state index contributed by atoms with van der Waals surface area (Å²) in [7, 11) is 1.65. The van der Waals surface area contributed by atoms with Crippen molar-refractivity contribution in [2.24, 2.45) is 0 Å². The molecule has 0 aromatic carbocycles. The minimum Gasteiger partial charge on any atom is -0.480 e. The van der Waals surface area contributed by atoms with E-state index in [9.17, 15) is 4.79 Å². The summed E-state index contributed by atoms with van der Waals surface area (Å²) in [5.74, 6) is -0.888. The van der Waals surface area contributed by atoms with Crippen molar-refractivity contribution >= 4 is 35.1 Å². The van der Waals surface area contributed by atoms with Gasteiger partial charge in [-0.1, -0.05) is 12.2 Å². The van der Waals surface area contributed by atoms with E-state index in [0.717, 1.165) is 0 Å². The Morgan fingerprint density at radius 3 is 2.42 bits per heavy atom.